The molecule has 0 bridgehead atoms. The van der Waals surface area contributed by atoms with Gasteiger partial charge in [0.15, 0.2) is 6.29 Å². The van der Waals surface area contributed by atoms with E-state index in [9.17, 15) is 4.79 Å². The van der Waals surface area contributed by atoms with Gasteiger partial charge in [-0.15, -0.1) is 11.3 Å². The number of hydrogen-bond acceptors (Lipinski definition) is 2. The third kappa shape index (κ3) is 2.09. The molecule has 0 saturated heterocycles. The highest BCUT2D eigenvalue weighted by Crippen LogP contribution is 2.39. The number of aldehydes is 1. The Balaban J connectivity index is 2.20. The van der Waals surface area contributed by atoms with Crippen molar-refractivity contribution in [1.82, 2.24) is 0 Å². The van der Waals surface area contributed by atoms with E-state index in [2.05, 4.69) is 22.0 Å². The summed E-state index contributed by atoms with van der Waals surface area (Å²) in [5.74, 6) is 0.683. The Morgan fingerprint density at radius 2 is 2.07 bits per heavy atom. The zero-order valence-corrected chi connectivity index (χ0v) is 10.4. The maximum Gasteiger partial charge on any atom is 0.160 e. The summed E-state index contributed by atoms with van der Waals surface area (Å²) in [5.41, 5.74) is 1.36. The van der Waals surface area contributed by atoms with E-state index in [1.807, 2.05) is 0 Å². The van der Waals surface area contributed by atoms with Gasteiger partial charge < -0.3 is 0 Å². The predicted molar refractivity (Wildman–Crippen MR) is 63.2 cm³/mol. The van der Waals surface area contributed by atoms with Gasteiger partial charge >= 0.3 is 0 Å². The number of halogens is 1. The minimum absolute atomic E-state index is 0.683. The zero-order chi connectivity index (χ0) is 9.97. The van der Waals surface area contributed by atoms with Crippen molar-refractivity contribution in [3.05, 3.63) is 20.3 Å². The number of carbonyl (C=O) groups is 1. The van der Waals surface area contributed by atoms with Crippen LogP contribution in [0.25, 0.3) is 0 Å². The third-order valence-corrected chi connectivity index (χ3v) is 4.70. The van der Waals surface area contributed by atoms with E-state index in [0.717, 1.165) is 14.9 Å². The van der Waals surface area contributed by atoms with Gasteiger partial charge in [0.05, 0.1) is 8.66 Å². The smallest absolute Gasteiger partial charge is 0.160 e. The molecule has 1 fully saturated rings. The molecule has 2 rings (SSSR count). The SMILES string of the molecule is O=Cc1cc(C2CCCCC2)c(Br)s1. The van der Waals surface area contributed by atoms with Crippen molar-refractivity contribution in [3.8, 4) is 0 Å². The molecule has 1 aromatic rings. The maximum atomic E-state index is 10.6. The van der Waals surface area contributed by atoms with Gasteiger partial charge in [-0.3, -0.25) is 4.79 Å². The molecular formula is C11H13BrOS. The van der Waals surface area contributed by atoms with E-state index in [0.29, 0.717) is 5.92 Å². The minimum atomic E-state index is 0.683. The Hall–Kier alpha value is -0.150. The summed E-state index contributed by atoms with van der Waals surface area (Å²) in [6.07, 6.45) is 7.56. The second kappa shape index (κ2) is 4.58. The van der Waals surface area contributed by atoms with Crippen LogP contribution in [0.15, 0.2) is 9.85 Å². The molecule has 0 radical (unpaired) electrons. The molecule has 0 aliphatic heterocycles. The van der Waals surface area contributed by atoms with Gasteiger partial charge in [-0.1, -0.05) is 19.3 Å². The van der Waals surface area contributed by atoms with Crippen molar-refractivity contribution in [2.75, 3.05) is 0 Å². The quantitative estimate of drug-likeness (QED) is 0.731. The summed E-state index contributed by atoms with van der Waals surface area (Å²) in [4.78, 5) is 11.5. The molecule has 1 saturated carbocycles. The van der Waals surface area contributed by atoms with Gasteiger partial charge in [-0.2, -0.15) is 0 Å². The van der Waals surface area contributed by atoms with Crippen molar-refractivity contribution < 1.29 is 4.79 Å². The average molecular weight is 273 g/mol. The topological polar surface area (TPSA) is 17.1 Å². The average Bonchev–Trinajstić information content (AvgIpc) is 2.61. The van der Waals surface area contributed by atoms with Crippen molar-refractivity contribution >= 4 is 33.6 Å². The van der Waals surface area contributed by atoms with Gasteiger partial charge in [0.2, 0.25) is 0 Å². The van der Waals surface area contributed by atoms with Crippen LogP contribution < -0.4 is 0 Å². The third-order valence-electron chi connectivity index (χ3n) is 2.89. The van der Waals surface area contributed by atoms with Crippen LogP contribution in [0.1, 0.15) is 53.3 Å². The zero-order valence-electron chi connectivity index (χ0n) is 7.96. The van der Waals surface area contributed by atoms with Gasteiger partial charge in [0, 0.05) is 0 Å². The van der Waals surface area contributed by atoms with Crippen LogP contribution in [-0.2, 0) is 0 Å². The first-order chi connectivity index (χ1) is 6.81. The van der Waals surface area contributed by atoms with E-state index >= 15 is 0 Å². The van der Waals surface area contributed by atoms with Crippen LogP contribution in [0.3, 0.4) is 0 Å². The molecular weight excluding hydrogens is 260 g/mol. The molecule has 1 heterocycles. The Kier molecular flexibility index (Phi) is 3.39. The summed E-state index contributed by atoms with van der Waals surface area (Å²) in [6, 6.07) is 2.05. The lowest BCUT2D eigenvalue weighted by Crippen LogP contribution is -2.03. The summed E-state index contributed by atoms with van der Waals surface area (Å²) >= 11 is 5.11. The predicted octanol–water partition coefficient (Wildman–Crippen LogP) is 4.37. The Bertz CT molecular complexity index is 326. The van der Waals surface area contributed by atoms with Crippen molar-refractivity contribution in [1.29, 1.82) is 0 Å². The second-order valence-corrected chi connectivity index (χ2v) is 6.23. The van der Waals surface area contributed by atoms with Crippen LogP contribution in [0.4, 0.5) is 0 Å². The fourth-order valence-corrected chi connectivity index (χ4v) is 3.94. The molecule has 3 heteroatoms. The summed E-state index contributed by atoms with van der Waals surface area (Å²) in [6.45, 7) is 0. The lowest BCUT2D eigenvalue weighted by molar-refractivity contribution is 0.112. The first-order valence-electron chi connectivity index (χ1n) is 5.05. The first kappa shape index (κ1) is 10.4. The molecule has 0 N–H and O–H groups in total. The fourth-order valence-electron chi connectivity index (χ4n) is 2.15. The number of thiophene rings is 1. The molecule has 0 amide bonds. The van der Waals surface area contributed by atoms with Crippen LogP contribution >= 0.6 is 27.3 Å². The van der Waals surface area contributed by atoms with Crippen molar-refractivity contribution in [2.24, 2.45) is 0 Å². The maximum absolute atomic E-state index is 10.6. The number of carbonyl (C=O) groups excluding carboxylic acids is 1. The van der Waals surface area contributed by atoms with E-state index in [1.165, 1.54) is 37.7 Å². The molecule has 0 atom stereocenters. The molecule has 0 aromatic carbocycles. The normalized spacial score (nSPS) is 18.4. The molecule has 1 aromatic heterocycles. The highest BCUT2D eigenvalue weighted by molar-refractivity contribution is 9.11. The van der Waals surface area contributed by atoms with Gasteiger partial charge in [0.25, 0.3) is 0 Å². The van der Waals surface area contributed by atoms with Crippen LogP contribution in [-0.4, -0.2) is 6.29 Å². The molecule has 0 unspecified atom stereocenters. The van der Waals surface area contributed by atoms with E-state index < -0.39 is 0 Å². The van der Waals surface area contributed by atoms with Crippen LogP contribution in [0, 0.1) is 0 Å². The summed E-state index contributed by atoms with van der Waals surface area (Å²) in [7, 11) is 0. The molecule has 1 aliphatic rings. The number of rotatable bonds is 2. The lowest BCUT2D eigenvalue weighted by Gasteiger charge is -2.21. The first-order valence-corrected chi connectivity index (χ1v) is 6.66. The monoisotopic (exact) mass is 272 g/mol. The van der Waals surface area contributed by atoms with Crippen molar-refractivity contribution in [3.63, 3.8) is 0 Å². The molecule has 0 spiro atoms. The van der Waals surface area contributed by atoms with Crippen LogP contribution in [0.5, 0.6) is 0 Å². The molecule has 1 aliphatic carbocycles. The Morgan fingerprint density at radius 1 is 1.36 bits per heavy atom. The fraction of sp³-hybridized carbons (Fsp3) is 0.545. The summed E-state index contributed by atoms with van der Waals surface area (Å²) in [5, 5.41) is 0. The van der Waals surface area contributed by atoms with Crippen LogP contribution in [0.2, 0.25) is 0 Å². The lowest BCUT2D eigenvalue weighted by atomic mass is 9.85. The number of hydrogen-bond donors (Lipinski definition) is 0. The minimum Gasteiger partial charge on any atom is -0.297 e. The second-order valence-electron chi connectivity index (χ2n) is 3.83. The Labute approximate surface area is 96.6 Å². The van der Waals surface area contributed by atoms with E-state index in [4.69, 9.17) is 0 Å². The largest absolute Gasteiger partial charge is 0.297 e. The van der Waals surface area contributed by atoms with E-state index in [-0.39, 0.29) is 0 Å². The highest BCUT2D eigenvalue weighted by atomic mass is 79.9. The summed E-state index contributed by atoms with van der Waals surface area (Å²) < 4.78 is 1.16. The van der Waals surface area contributed by atoms with Gasteiger partial charge in [0.1, 0.15) is 0 Å². The molecule has 76 valence electrons. The molecule has 1 nitrogen and oxygen atoms in total. The van der Waals surface area contributed by atoms with E-state index in [1.54, 1.807) is 11.3 Å². The van der Waals surface area contributed by atoms with Crippen molar-refractivity contribution in [2.45, 2.75) is 38.0 Å². The Morgan fingerprint density at radius 3 is 2.64 bits per heavy atom. The van der Waals surface area contributed by atoms with Gasteiger partial charge in [-0.25, -0.2) is 0 Å². The van der Waals surface area contributed by atoms with Gasteiger partial charge in [-0.05, 0) is 46.3 Å². The standard InChI is InChI=1S/C11H13BrOS/c12-11-10(6-9(7-13)14-11)8-4-2-1-3-5-8/h6-8H,1-5H2. The highest BCUT2D eigenvalue weighted by Gasteiger charge is 2.19. The molecule has 14 heavy (non-hydrogen) atoms.